The largest absolute Gasteiger partial charge is 0.491 e. The van der Waals surface area contributed by atoms with E-state index in [-0.39, 0.29) is 6.42 Å². The molecule has 2 rings (SSSR count). The van der Waals surface area contributed by atoms with Gasteiger partial charge in [0.2, 0.25) is 0 Å². The Bertz CT molecular complexity index is 748. The van der Waals surface area contributed by atoms with Gasteiger partial charge in [0.1, 0.15) is 18.2 Å². The Kier molecular flexibility index (Phi) is 7.11. The third kappa shape index (κ3) is 5.86. The first-order chi connectivity index (χ1) is 12.5. The normalized spacial score (nSPS) is 11.6. The average Bonchev–Trinajstić information content (AvgIpc) is 2.62. The summed E-state index contributed by atoms with van der Waals surface area (Å²) in [6.45, 7) is 0.764. The minimum absolute atomic E-state index is 0.318. The van der Waals surface area contributed by atoms with Gasteiger partial charge in [-0.2, -0.15) is 0 Å². The molecular weight excluding hydrogens is 341 g/mol. The summed E-state index contributed by atoms with van der Waals surface area (Å²) >= 11 is 0. The molecule has 0 bridgehead atoms. The van der Waals surface area contributed by atoms with E-state index in [1.165, 1.54) is 24.3 Å². The lowest BCUT2D eigenvalue weighted by Crippen LogP contribution is -2.30. The maximum atomic E-state index is 13.1. The number of benzene rings is 2. The Balaban J connectivity index is 2.12. The first-order valence-electron chi connectivity index (χ1n) is 7.99. The molecule has 0 aliphatic rings. The van der Waals surface area contributed by atoms with E-state index in [2.05, 4.69) is 5.32 Å². The summed E-state index contributed by atoms with van der Waals surface area (Å²) in [6, 6.07) is 11.1. The van der Waals surface area contributed by atoms with Gasteiger partial charge in [-0.05, 0) is 35.9 Å². The number of ether oxygens (including phenoxy) is 2. The van der Waals surface area contributed by atoms with Gasteiger partial charge in [0.05, 0.1) is 19.1 Å². The van der Waals surface area contributed by atoms with Crippen molar-refractivity contribution in [2.45, 2.75) is 12.5 Å². The molecule has 26 heavy (non-hydrogen) atoms. The van der Waals surface area contributed by atoms with Crippen LogP contribution in [0.5, 0.6) is 5.75 Å². The molecule has 0 saturated carbocycles. The number of hydrogen-bond donors (Lipinski definition) is 2. The van der Waals surface area contributed by atoms with E-state index in [0.717, 1.165) is 0 Å². The molecule has 7 heteroatoms. The molecule has 1 amide bonds. The first kappa shape index (κ1) is 19.4. The summed E-state index contributed by atoms with van der Waals surface area (Å²) < 4.78 is 23.5. The van der Waals surface area contributed by atoms with Crippen LogP contribution in [0.4, 0.5) is 4.39 Å². The summed E-state index contributed by atoms with van der Waals surface area (Å²) in [5.41, 5.74) is 0.840. The molecule has 0 saturated heterocycles. The van der Waals surface area contributed by atoms with Gasteiger partial charge >= 0.3 is 5.97 Å². The van der Waals surface area contributed by atoms with Crippen LogP contribution in [0, 0.1) is 5.82 Å². The Morgan fingerprint density at radius 3 is 2.54 bits per heavy atom. The Hall–Kier alpha value is -2.93. The van der Waals surface area contributed by atoms with Crippen LogP contribution in [0.2, 0.25) is 0 Å². The van der Waals surface area contributed by atoms with Gasteiger partial charge in [0.25, 0.3) is 5.91 Å². The third-order valence-corrected chi connectivity index (χ3v) is 3.61. The van der Waals surface area contributed by atoms with Gasteiger partial charge in [-0.15, -0.1) is 0 Å². The van der Waals surface area contributed by atoms with Gasteiger partial charge in [0.15, 0.2) is 0 Å². The summed E-state index contributed by atoms with van der Waals surface area (Å²) in [5.74, 6) is -1.45. The van der Waals surface area contributed by atoms with Crippen LogP contribution in [0.3, 0.4) is 0 Å². The van der Waals surface area contributed by atoms with Crippen LogP contribution in [0.15, 0.2) is 48.5 Å². The molecule has 2 aromatic rings. The topological polar surface area (TPSA) is 84.9 Å². The van der Waals surface area contributed by atoms with Crippen LogP contribution >= 0.6 is 0 Å². The van der Waals surface area contributed by atoms with E-state index in [1.54, 1.807) is 31.4 Å². The number of carbonyl (C=O) groups excluding carboxylic acids is 1. The molecule has 0 radical (unpaired) electrons. The van der Waals surface area contributed by atoms with Crippen LogP contribution in [0.1, 0.15) is 28.4 Å². The fraction of sp³-hybridized carbons (Fsp3) is 0.263. The number of halogens is 1. The monoisotopic (exact) mass is 361 g/mol. The highest BCUT2D eigenvalue weighted by Crippen LogP contribution is 2.19. The highest BCUT2D eigenvalue weighted by molar-refractivity contribution is 5.95. The molecule has 6 nitrogen and oxygen atoms in total. The highest BCUT2D eigenvalue weighted by Gasteiger charge is 2.19. The Morgan fingerprint density at radius 1 is 1.15 bits per heavy atom. The van der Waals surface area contributed by atoms with Gasteiger partial charge in [0, 0.05) is 12.7 Å². The first-order valence-corrected chi connectivity index (χ1v) is 7.99. The molecule has 0 fully saturated rings. The number of amides is 1. The number of nitrogens with one attached hydrogen (secondary N) is 1. The average molecular weight is 361 g/mol. The maximum Gasteiger partial charge on any atom is 0.305 e. The minimum atomic E-state index is -1.07. The third-order valence-electron chi connectivity index (χ3n) is 3.61. The lowest BCUT2D eigenvalue weighted by molar-refractivity contribution is -0.137. The molecular formula is C19H20FNO5. The van der Waals surface area contributed by atoms with Crippen molar-refractivity contribution in [3.05, 3.63) is 65.5 Å². The van der Waals surface area contributed by atoms with Crippen molar-refractivity contribution in [3.63, 3.8) is 0 Å². The minimum Gasteiger partial charge on any atom is -0.491 e. The lowest BCUT2D eigenvalue weighted by atomic mass is 10.0. The van der Waals surface area contributed by atoms with Crippen molar-refractivity contribution >= 4 is 11.9 Å². The molecule has 0 aliphatic carbocycles. The van der Waals surface area contributed by atoms with Crippen LogP contribution in [-0.2, 0) is 9.53 Å². The van der Waals surface area contributed by atoms with Gasteiger partial charge in [-0.1, -0.05) is 18.2 Å². The fourth-order valence-corrected chi connectivity index (χ4v) is 2.33. The molecule has 0 spiro atoms. The zero-order valence-electron chi connectivity index (χ0n) is 14.3. The SMILES string of the molecule is COCCOc1cccc(C(=O)NC(CC(=O)O)c2ccc(F)cc2)c1. The number of carboxylic acid groups (broad SMARTS) is 1. The quantitative estimate of drug-likeness (QED) is 0.671. The van der Waals surface area contributed by atoms with Crippen molar-refractivity contribution in [1.82, 2.24) is 5.32 Å². The van der Waals surface area contributed by atoms with E-state index < -0.39 is 23.7 Å². The van der Waals surface area contributed by atoms with Gasteiger partial charge in [-0.25, -0.2) is 4.39 Å². The molecule has 0 heterocycles. The van der Waals surface area contributed by atoms with Crippen molar-refractivity contribution in [1.29, 1.82) is 0 Å². The molecule has 2 aromatic carbocycles. The zero-order valence-corrected chi connectivity index (χ0v) is 14.3. The number of rotatable bonds is 9. The number of aliphatic carboxylic acids is 1. The van der Waals surface area contributed by atoms with E-state index in [9.17, 15) is 14.0 Å². The van der Waals surface area contributed by atoms with E-state index in [1.807, 2.05) is 0 Å². The summed E-state index contributed by atoms with van der Waals surface area (Å²) in [7, 11) is 1.56. The smallest absolute Gasteiger partial charge is 0.305 e. The second-order valence-corrected chi connectivity index (χ2v) is 5.54. The van der Waals surface area contributed by atoms with E-state index in [4.69, 9.17) is 14.6 Å². The maximum absolute atomic E-state index is 13.1. The van der Waals surface area contributed by atoms with E-state index >= 15 is 0 Å². The Morgan fingerprint density at radius 2 is 1.88 bits per heavy atom. The van der Waals surface area contributed by atoms with Crippen LogP contribution in [0.25, 0.3) is 0 Å². The van der Waals surface area contributed by atoms with Crippen LogP contribution < -0.4 is 10.1 Å². The number of hydrogen-bond acceptors (Lipinski definition) is 4. The summed E-state index contributed by atoms with van der Waals surface area (Å²) in [5, 5.41) is 11.8. The molecule has 2 N–H and O–H groups in total. The lowest BCUT2D eigenvalue weighted by Gasteiger charge is -2.18. The summed E-state index contributed by atoms with van der Waals surface area (Å²) in [4.78, 5) is 23.6. The predicted molar refractivity (Wildman–Crippen MR) is 92.7 cm³/mol. The standard InChI is InChI=1S/C19H20FNO5/c1-25-9-10-26-16-4-2-3-14(11-16)19(24)21-17(12-18(22)23)13-5-7-15(20)8-6-13/h2-8,11,17H,9-10,12H2,1H3,(H,21,24)(H,22,23). The van der Waals surface area contributed by atoms with Crippen LogP contribution in [-0.4, -0.2) is 37.3 Å². The van der Waals surface area contributed by atoms with Gasteiger partial charge in [-0.3, -0.25) is 9.59 Å². The zero-order chi connectivity index (χ0) is 18.9. The van der Waals surface area contributed by atoms with Crippen molar-refractivity contribution < 1.29 is 28.6 Å². The Labute approximate surface area is 150 Å². The fourth-order valence-electron chi connectivity index (χ4n) is 2.33. The number of methoxy groups -OCH3 is 1. The number of carboxylic acids is 1. The van der Waals surface area contributed by atoms with Crippen molar-refractivity contribution in [2.24, 2.45) is 0 Å². The highest BCUT2D eigenvalue weighted by atomic mass is 19.1. The van der Waals surface area contributed by atoms with Crippen molar-refractivity contribution in [2.75, 3.05) is 20.3 Å². The molecule has 0 aliphatic heterocycles. The number of carbonyl (C=O) groups is 2. The van der Waals surface area contributed by atoms with Gasteiger partial charge < -0.3 is 19.9 Å². The molecule has 1 unspecified atom stereocenters. The molecule has 0 aromatic heterocycles. The molecule has 1 atom stereocenters. The second kappa shape index (κ2) is 9.53. The van der Waals surface area contributed by atoms with Crippen molar-refractivity contribution in [3.8, 4) is 5.75 Å². The molecule has 138 valence electrons. The second-order valence-electron chi connectivity index (χ2n) is 5.54. The predicted octanol–water partition coefficient (Wildman–Crippen LogP) is 2.80. The van der Waals surface area contributed by atoms with E-state index in [0.29, 0.717) is 30.1 Å². The summed E-state index contributed by atoms with van der Waals surface area (Å²) in [6.07, 6.45) is -0.318.